The molecule has 0 aliphatic rings. The summed E-state index contributed by atoms with van der Waals surface area (Å²) in [5, 5.41) is 0. The van der Waals surface area contributed by atoms with Gasteiger partial charge in [-0.1, -0.05) is 6.92 Å². The highest BCUT2D eigenvalue weighted by atomic mass is 16.6. The SMILES string of the molecule is CCC(=O)C(C(C)=O)N(C)C(=O)OC(C)(C)C. The maximum atomic E-state index is 11.7. The fraction of sp³-hybridized carbons (Fsp3) is 0.750. The maximum Gasteiger partial charge on any atom is 0.411 e. The molecule has 0 N–H and O–H groups in total. The number of carbonyl (C=O) groups is 3. The van der Waals surface area contributed by atoms with Gasteiger partial charge in [-0.25, -0.2) is 4.79 Å². The first-order valence-corrected chi connectivity index (χ1v) is 5.59. The van der Waals surface area contributed by atoms with E-state index in [1.807, 2.05) is 0 Å². The number of amides is 1. The molecule has 0 radical (unpaired) electrons. The zero-order valence-corrected chi connectivity index (χ0v) is 11.4. The van der Waals surface area contributed by atoms with Crippen LogP contribution < -0.4 is 0 Å². The van der Waals surface area contributed by atoms with E-state index in [2.05, 4.69) is 0 Å². The van der Waals surface area contributed by atoms with Crippen LogP contribution in [-0.2, 0) is 14.3 Å². The lowest BCUT2D eigenvalue weighted by molar-refractivity contribution is -0.132. The number of hydrogen-bond donors (Lipinski definition) is 0. The Labute approximate surface area is 102 Å². The van der Waals surface area contributed by atoms with E-state index in [0.717, 1.165) is 4.90 Å². The second-order valence-electron chi connectivity index (χ2n) is 4.92. The van der Waals surface area contributed by atoms with Crippen LogP contribution in [0.2, 0.25) is 0 Å². The van der Waals surface area contributed by atoms with Crippen LogP contribution >= 0.6 is 0 Å². The Bertz CT molecular complexity index is 317. The van der Waals surface area contributed by atoms with Gasteiger partial charge in [-0.15, -0.1) is 0 Å². The molecule has 1 unspecified atom stereocenters. The third-order valence-corrected chi connectivity index (χ3v) is 2.11. The number of hydrogen-bond acceptors (Lipinski definition) is 4. The summed E-state index contributed by atoms with van der Waals surface area (Å²) in [6.45, 7) is 8.12. The molecule has 0 heterocycles. The molecule has 0 fully saturated rings. The first kappa shape index (κ1) is 15.6. The highest BCUT2D eigenvalue weighted by Gasteiger charge is 2.32. The van der Waals surface area contributed by atoms with E-state index in [-0.39, 0.29) is 18.0 Å². The zero-order valence-electron chi connectivity index (χ0n) is 11.4. The molecule has 0 aliphatic carbocycles. The number of rotatable bonds is 4. The molecule has 0 aromatic rings. The Morgan fingerprint density at radius 1 is 1.24 bits per heavy atom. The summed E-state index contributed by atoms with van der Waals surface area (Å²) in [6.07, 6.45) is -0.461. The summed E-state index contributed by atoms with van der Waals surface area (Å²) in [6, 6.07) is -1.05. The molecular weight excluding hydrogens is 222 g/mol. The third-order valence-electron chi connectivity index (χ3n) is 2.11. The maximum absolute atomic E-state index is 11.7. The highest BCUT2D eigenvalue weighted by molar-refractivity contribution is 6.07. The van der Waals surface area contributed by atoms with Gasteiger partial charge in [0.2, 0.25) is 0 Å². The molecule has 0 aromatic carbocycles. The molecule has 0 spiro atoms. The van der Waals surface area contributed by atoms with Crippen molar-refractivity contribution in [3.8, 4) is 0 Å². The minimum atomic E-state index is -1.05. The fourth-order valence-corrected chi connectivity index (χ4v) is 1.35. The Morgan fingerprint density at radius 2 is 1.71 bits per heavy atom. The van der Waals surface area contributed by atoms with Gasteiger partial charge in [-0.2, -0.15) is 0 Å². The number of likely N-dealkylation sites (N-methyl/N-ethyl adjacent to an activating group) is 1. The largest absolute Gasteiger partial charge is 0.444 e. The van der Waals surface area contributed by atoms with Crippen molar-refractivity contribution < 1.29 is 19.1 Å². The number of ketones is 2. The standard InChI is InChI=1S/C12H21NO4/c1-7-9(15)10(8(2)14)13(6)11(16)17-12(3,4)5/h10H,7H2,1-6H3. The minimum absolute atomic E-state index is 0.206. The van der Waals surface area contributed by atoms with Crippen molar-refractivity contribution in [1.29, 1.82) is 0 Å². The van der Waals surface area contributed by atoms with Crippen LogP contribution in [0.25, 0.3) is 0 Å². The highest BCUT2D eigenvalue weighted by Crippen LogP contribution is 2.12. The number of nitrogens with zero attached hydrogens (tertiary/aromatic N) is 1. The summed E-state index contributed by atoms with van der Waals surface area (Å²) in [5.74, 6) is -0.643. The van der Waals surface area contributed by atoms with E-state index < -0.39 is 17.7 Å². The second-order valence-corrected chi connectivity index (χ2v) is 4.92. The number of carbonyl (C=O) groups excluding carboxylic acids is 3. The van der Waals surface area contributed by atoms with Gasteiger partial charge in [-0.3, -0.25) is 14.5 Å². The monoisotopic (exact) mass is 243 g/mol. The van der Waals surface area contributed by atoms with Crippen LogP contribution in [0.4, 0.5) is 4.79 Å². The fourth-order valence-electron chi connectivity index (χ4n) is 1.35. The van der Waals surface area contributed by atoms with Gasteiger partial charge in [0.1, 0.15) is 5.60 Å². The average molecular weight is 243 g/mol. The van der Waals surface area contributed by atoms with Gasteiger partial charge in [0.25, 0.3) is 0 Å². The summed E-state index contributed by atoms with van der Waals surface area (Å²) in [4.78, 5) is 35.8. The molecule has 0 aliphatic heterocycles. The van der Waals surface area contributed by atoms with E-state index in [9.17, 15) is 14.4 Å². The molecule has 0 rings (SSSR count). The molecule has 5 heteroatoms. The van der Waals surface area contributed by atoms with Crippen molar-refractivity contribution in [1.82, 2.24) is 4.90 Å². The van der Waals surface area contributed by atoms with Crippen LogP contribution in [0.1, 0.15) is 41.0 Å². The van der Waals surface area contributed by atoms with Gasteiger partial charge in [-0.05, 0) is 27.7 Å². The smallest absolute Gasteiger partial charge is 0.411 e. The predicted molar refractivity (Wildman–Crippen MR) is 63.8 cm³/mol. The van der Waals surface area contributed by atoms with Crippen LogP contribution in [-0.4, -0.2) is 41.3 Å². The summed E-state index contributed by atoms with van der Waals surface area (Å²) >= 11 is 0. The van der Waals surface area contributed by atoms with E-state index in [1.165, 1.54) is 14.0 Å². The van der Waals surface area contributed by atoms with Crippen LogP contribution in [0.5, 0.6) is 0 Å². The number of Topliss-reactive ketones (excluding diaryl/α,β-unsaturated/α-hetero) is 2. The van der Waals surface area contributed by atoms with Crippen molar-refractivity contribution in [3.63, 3.8) is 0 Å². The van der Waals surface area contributed by atoms with Gasteiger partial charge in [0.05, 0.1) is 0 Å². The second kappa shape index (κ2) is 5.80. The molecule has 1 atom stereocenters. The average Bonchev–Trinajstić information content (AvgIpc) is 2.14. The van der Waals surface area contributed by atoms with E-state index in [0.29, 0.717) is 0 Å². The van der Waals surface area contributed by atoms with Gasteiger partial charge >= 0.3 is 6.09 Å². The predicted octanol–water partition coefficient (Wildman–Crippen LogP) is 1.79. The first-order valence-electron chi connectivity index (χ1n) is 5.59. The van der Waals surface area contributed by atoms with Gasteiger partial charge < -0.3 is 4.74 Å². The lowest BCUT2D eigenvalue weighted by Gasteiger charge is -2.28. The van der Waals surface area contributed by atoms with E-state index >= 15 is 0 Å². The molecule has 17 heavy (non-hydrogen) atoms. The van der Waals surface area contributed by atoms with E-state index in [4.69, 9.17) is 4.74 Å². The van der Waals surface area contributed by atoms with Gasteiger partial charge in [0.15, 0.2) is 17.6 Å². The zero-order chi connectivity index (χ0) is 13.8. The third kappa shape index (κ3) is 4.97. The topological polar surface area (TPSA) is 63.7 Å². The van der Waals surface area contributed by atoms with Crippen LogP contribution in [0, 0.1) is 0 Å². The van der Waals surface area contributed by atoms with Crippen molar-refractivity contribution in [2.45, 2.75) is 52.7 Å². The Morgan fingerprint density at radius 3 is 2.00 bits per heavy atom. The molecule has 0 saturated carbocycles. The van der Waals surface area contributed by atoms with Crippen molar-refractivity contribution in [2.24, 2.45) is 0 Å². The summed E-state index contributed by atoms with van der Waals surface area (Å²) in [7, 11) is 1.40. The Kier molecular flexibility index (Phi) is 5.32. The molecular formula is C12H21NO4. The Hall–Kier alpha value is -1.39. The van der Waals surface area contributed by atoms with E-state index in [1.54, 1.807) is 27.7 Å². The quantitative estimate of drug-likeness (QED) is 0.706. The van der Waals surface area contributed by atoms with Crippen molar-refractivity contribution in [3.05, 3.63) is 0 Å². The summed E-state index contributed by atoms with van der Waals surface area (Å²) in [5.41, 5.74) is -0.651. The molecule has 98 valence electrons. The minimum Gasteiger partial charge on any atom is -0.444 e. The van der Waals surface area contributed by atoms with Crippen molar-refractivity contribution in [2.75, 3.05) is 7.05 Å². The lowest BCUT2D eigenvalue weighted by Crippen LogP contribution is -2.48. The molecule has 5 nitrogen and oxygen atoms in total. The molecule has 0 aromatic heterocycles. The lowest BCUT2D eigenvalue weighted by atomic mass is 10.1. The van der Waals surface area contributed by atoms with Crippen LogP contribution in [0.3, 0.4) is 0 Å². The van der Waals surface area contributed by atoms with Crippen molar-refractivity contribution >= 4 is 17.7 Å². The number of ether oxygens (including phenoxy) is 1. The Balaban J connectivity index is 4.85. The molecule has 1 amide bonds. The van der Waals surface area contributed by atoms with Crippen LogP contribution in [0.15, 0.2) is 0 Å². The normalized spacial score (nSPS) is 12.8. The summed E-state index contributed by atoms with van der Waals surface area (Å²) < 4.78 is 5.11. The first-order chi connectivity index (χ1) is 7.60. The molecule has 0 saturated heterocycles. The van der Waals surface area contributed by atoms with Gasteiger partial charge in [0, 0.05) is 13.5 Å². The molecule has 0 bridgehead atoms.